The molecule has 3 nitrogen and oxygen atoms in total. The van der Waals surface area contributed by atoms with Gasteiger partial charge in [0, 0.05) is 24.0 Å². The van der Waals surface area contributed by atoms with Crippen molar-refractivity contribution in [1.82, 2.24) is 0 Å². The van der Waals surface area contributed by atoms with Crippen molar-refractivity contribution in [2.45, 2.75) is 19.8 Å². The SMILES string of the molecule is Cc1c2c(c(C=O)c3c1OCC3)OCC2. The van der Waals surface area contributed by atoms with Crippen molar-refractivity contribution in [3.05, 3.63) is 22.3 Å². The van der Waals surface area contributed by atoms with E-state index in [1.54, 1.807) is 0 Å². The van der Waals surface area contributed by atoms with Gasteiger partial charge < -0.3 is 9.47 Å². The maximum atomic E-state index is 11.1. The van der Waals surface area contributed by atoms with Crippen molar-refractivity contribution in [2.24, 2.45) is 0 Å². The van der Waals surface area contributed by atoms with E-state index in [1.807, 2.05) is 6.92 Å². The number of fused-ring (bicyclic) bond motifs is 2. The van der Waals surface area contributed by atoms with Gasteiger partial charge in [-0.05, 0) is 12.5 Å². The van der Waals surface area contributed by atoms with Gasteiger partial charge in [0.1, 0.15) is 11.5 Å². The molecule has 0 aliphatic carbocycles. The number of hydrogen-bond acceptors (Lipinski definition) is 3. The summed E-state index contributed by atoms with van der Waals surface area (Å²) in [4.78, 5) is 11.1. The van der Waals surface area contributed by atoms with E-state index in [4.69, 9.17) is 9.47 Å². The summed E-state index contributed by atoms with van der Waals surface area (Å²) in [5.41, 5.74) is 4.04. The van der Waals surface area contributed by atoms with Crippen LogP contribution in [0.5, 0.6) is 11.5 Å². The van der Waals surface area contributed by atoms with Crippen LogP contribution < -0.4 is 9.47 Å². The number of carbonyl (C=O) groups excluding carboxylic acids is 1. The molecule has 1 aromatic carbocycles. The quantitative estimate of drug-likeness (QED) is 0.653. The molecule has 0 spiro atoms. The van der Waals surface area contributed by atoms with Crippen LogP contribution in [0.15, 0.2) is 0 Å². The zero-order valence-corrected chi connectivity index (χ0v) is 8.63. The van der Waals surface area contributed by atoms with E-state index in [1.165, 1.54) is 0 Å². The van der Waals surface area contributed by atoms with E-state index in [-0.39, 0.29) is 0 Å². The average Bonchev–Trinajstić information content (AvgIpc) is 2.85. The third-order valence-electron chi connectivity index (χ3n) is 3.23. The maximum absolute atomic E-state index is 11.1. The second kappa shape index (κ2) is 2.99. The van der Waals surface area contributed by atoms with Gasteiger partial charge in [-0.1, -0.05) is 0 Å². The Balaban J connectivity index is 2.35. The Morgan fingerprint density at radius 2 is 1.73 bits per heavy atom. The molecular formula is C12H12O3. The van der Waals surface area contributed by atoms with Crippen LogP contribution in [-0.2, 0) is 12.8 Å². The van der Waals surface area contributed by atoms with Gasteiger partial charge in [-0.25, -0.2) is 0 Å². The van der Waals surface area contributed by atoms with E-state index in [0.717, 1.165) is 47.3 Å². The monoisotopic (exact) mass is 204 g/mol. The molecule has 0 N–H and O–H groups in total. The minimum Gasteiger partial charge on any atom is -0.493 e. The van der Waals surface area contributed by atoms with Gasteiger partial charge >= 0.3 is 0 Å². The van der Waals surface area contributed by atoms with Crippen LogP contribution in [0, 0.1) is 6.92 Å². The summed E-state index contributed by atoms with van der Waals surface area (Å²) >= 11 is 0. The fourth-order valence-electron chi connectivity index (χ4n) is 2.50. The molecule has 3 rings (SSSR count). The topological polar surface area (TPSA) is 35.5 Å². The van der Waals surface area contributed by atoms with Crippen LogP contribution in [0.1, 0.15) is 27.0 Å². The number of benzene rings is 1. The summed E-state index contributed by atoms with van der Waals surface area (Å²) < 4.78 is 11.1. The molecule has 0 saturated heterocycles. The van der Waals surface area contributed by atoms with Crippen molar-refractivity contribution in [1.29, 1.82) is 0 Å². The van der Waals surface area contributed by atoms with Gasteiger partial charge in [-0.3, -0.25) is 4.79 Å². The summed E-state index contributed by atoms with van der Waals surface area (Å²) in [5.74, 6) is 1.72. The molecule has 1 aromatic rings. The summed E-state index contributed by atoms with van der Waals surface area (Å²) in [7, 11) is 0. The second-order valence-corrected chi connectivity index (χ2v) is 3.97. The Morgan fingerprint density at radius 3 is 2.47 bits per heavy atom. The smallest absolute Gasteiger partial charge is 0.154 e. The molecule has 0 saturated carbocycles. The lowest BCUT2D eigenvalue weighted by Crippen LogP contribution is -1.97. The Kier molecular flexibility index (Phi) is 1.75. The zero-order valence-electron chi connectivity index (χ0n) is 8.63. The molecule has 0 atom stereocenters. The lowest BCUT2D eigenvalue weighted by Gasteiger charge is -2.11. The second-order valence-electron chi connectivity index (χ2n) is 3.97. The summed E-state index contributed by atoms with van der Waals surface area (Å²) in [6.45, 7) is 3.41. The van der Waals surface area contributed by atoms with Gasteiger partial charge in [-0.15, -0.1) is 0 Å². The molecule has 15 heavy (non-hydrogen) atoms. The first-order chi connectivity index (χ1) is 7.33. The molecule has 0 radical (unpaired) electrons. The minimum absolute atomic E-state index is 0.680. The minimum atomic E-state index is 0.680. The van der Waals surface area contributed by atoms with Crippen LogP contribution in [0.4, 0.5) is 0 Å². The summed E-state index contributed by atoms with van der Waals surface area (Å²) in [5, 5.41) is 0. The number of ether oxygens (including phenoxy) is 2. The lowest BCUT2D eigenvalue weighted by atomic mass is 9.96. The van der Waals surface area contributed by atoms with Crippen LogP contribution in [0.25, 0.3) is 0 Å². The molecule has 0 bridgehead atoms. The fraction of sp³-hybridized carbons (Fsp3) is 0.417. The van der Waals surface area contributed by atoms with E-state index in [0.29, 0.717) is 18.8 Å². The Hall–Kier alpha value is -1.51. The molecule has 0 unspecified atom stereocenters. The van der Waals surface area contributed by atoms with E-state index in [9.17, 15) is 4.79 Å². The first kappa shape index (κ1) is 8.77. The summed E-state index contributed by atoms with van der Waals surface area (Å²) in [6, 6.07) is 0. The Labute approximate surface area is 88.0 Å². The highest BCUT2D eigenvalue weighted by atomic mass is 16.5. The largest absolute Gasteiger partial charge is 0.493 e. The molecule has 78 valence electrons. The van der Waals surface area contributed by atoms with Gasteiger partial charge in [0.05, 0.1) is 18.8 Å². The highest BCUT2D eigenvalue weighted by Crippen LogP contribution is 2.43. The van der Waals surface area contributed by atoms with E-state index < -0.39 is 0 Å². The van der Waals surface area contributed by atoms with Crippen molar-refractivity contribution < 1.29 is 14.3 Å². The molecule has 0 amide bonds. The standard InChI is InChI=1S/C12H12O3/c1-7-8-2-4-15-12(8)10(6-13)9-3-5-14-11(7)9/h6H,2-5H2,1H3. The van der Waals surface area contributed by atoms with Crippen molar-refractivity contribution >= 4 is 6.29 Å². The van der Waals surface area contributed by atoms with E-state index >= 15 is 0 Å². The fourth-order valence-corrected chi connectivity index (χ4v) is 2.50. The molecule has 0 fully saturated rings. The molecule has 0 aromatic heterocycles. The van der Waals surface area contributed by atoms with Gasteiger partial charge in [0.15, 0.2) is 6.29 Å². The molecule has 3 heteroatoms. The van der Waals surface area contributed by atoms with Crippen molar-refractivity contribution in [3.63, 3.8) is 0 Å². The number of hydrogen-bond donors (Lipinski definition) is 0. The third kappa shape index (κ3) is 1.03. The number of aldehydes is 1. The normalized spacial score (nSPS) is 16.6. The lowest BCUT2D eigenvalue weighted by molar-refractivity contribution is 0.111. The molecule has 2 heterocycles. The molecule has 2 aliphatic rings. The van der Waals surface area contributed by atoms with Crippen LogP contribution in [-0.4, -0.2) is 19.5 Å². The average molecular weight is 204 g/mol. The molecular weight excluding hydrogens is 192 g/mol. The zero-order chi connectivity index (χ0) is 10.4. The summed E-state index contributed by atoms with van der Waals surface area (Å²) in [6.07, 6.45) is 2.61. The van der Waals surface area contributed by atoms with Crippen LogP contribution >= 0.6 is 0 Å². The highest BCUT2D eigenvalue weighted by molar-refractivity contribution is 5.86. The van der Waals surface area contributed by atoms with Gasteiger partial charge in [-0.2, -0.15) is 0 Å². The molecule has 2 aliphatic heterocycles. The Bertz CT molecular complexity index is 414. The maximum Gasteiger partial charge on any atom is 0.154 e. The van der Waals surface area contributed by atoms with Crippen molar-refractivity contribution in [2.75, 3.05) is 13.2 Å². The number of rotatable bonds is 1. The van der Waals surface area contributed by atoms with Gasteiger partial charge in [0.25, 0.3) is 0 Å². The van der Waals surface area contributed by atoms with Crippen molar-refractivity contribution in [3.8, 4) is 11.5 Å². The van der Waals surface area contributed by atoms with Crippen LogP contribution in [0.3, 0.4) is 0 Å². The third-order valence-corrected chi connectivity index (χ3v) is 3.23. The highest BCUT2D eigenvalue weighted by Gasteiger charge is 2.29. The predicted octanol–water partition coefficient (Wildman–Crippen LogP) is 1.68. The van der Waals surface area contributed by atoms with Gasteiger partial charge in [0.2, 0.25) is 0 Å². The number of carbonyl (C=O) groups is 1. The first-order valence-corrected chi connectivity index (χ1v) is 5.22. The Morgan fingerprint density at radius 1 is 1.07 bits per heavy atom. The van der Waals surface area contributed by atoms with Crippen LogP contribution in [0.2, 0.25) is 0 Å². The predicted molar refractivity (Wildman–Crippen MR) is 55.0 cm³/mol. The first-order valence-electron chi connectivity index (χ1n) is 5.22. The van der Waals surface area contributed by atoms with E-state index in [2.05, 4.69) is 0 Å².